The van der Waals surface area contributed by atoms with Gasteiger partial charge >= 0.3 is 5.97 Å². The van der Waals surface area contributed by atoms with E-state index in [4.69, 9.17) is 4.74 Å². The normalized spacial score (nSPS) is 19.2. The van der Waals surface area contributed by atoms with Crippen molar-refractivity contribution in [1.82, 2.24) is 4.31 Å². The van der Waals surface area contributed by atoms with Crippen LogP contribution in [0.5, 0.6) is 5.75 Å². The Labute approximate surface area is 246 Å². The fourth-order valence-electron chi connectivity index (χ4n) is 6.12. The number of aromatic carboxylic acids is 1. The number of rotatable bonds is 9. The highest BCUT2D eigenvalue weighted by molar-refractivity contribution is 7.89. The lowest BCUT2D eigenvalue weighted by atomic mass is 9.83. The number of para-hydroxylation sites is 1. The molecule has 10 heteroatoms. The van der Waals surface area contributed by atoms with Crippen molar-refractivity contribution in [2.24, 2.45) is 5.92 Å². The molecular weight excluding hydrogens is 559 g/mol. The van der Waals surface area contributed by atoms with Crippen LogP contribution >= 0.6 is 0 Å². The molecule has 42 heavy (non-hydrogen) atoms. The van der Waals surface area contributed by atoms with Gasteiger partial charge in [0.25, 0.3) is 0 Å². The molecule has 2 aliphatic rings. The van der Waals surface area contributed by atoms with Gasteiger partial charge in [-0.15, -0.1) is 0 Å². The van der Waals surface area contributed by atoms with Gasteiger partial charge in [0, 0.05) is 43.6 Å². The molecule has 0 radical (unpaired) electrons. The van der Waals surface area contributed by atoms with Crippen LogP contribution in [0.3, 0.4) is 0 Å². The van der Waals surface area contributed by atoms with E-state index in [1.54, 1.807) is 13.1 Å². The molecule has 1 aliphatic carbocycles. The summed E-state index contributed by atoms with van der Waals surface area (Å²) in [5, 5.41) is 18.8. The van der Waals surface area contributed by atoms with Crippen molar-refractivity contribution in [3.8, 4) is 16.9 Å². The SMILES string of the molecule is CN1[C@H](C2CCCCC2)CN(c2ccccc2)c2cc(OCCCCO)c(-c3ccc(F)c(C(=O)O)c3)cc2S1(=O)=O. The second-order valence-electron chi connectivity index (χ2n) is 11.0. The number of fused-ring (bicyclic) bond motifs is 1. The zero-order valence-corrected chi connectivity index (χ0v) is 24.5. The van der Waals surface area contributed by atoms with E-state index in [2.05, 4.69) is 0 Å². The Kier molecular flexibility index (Phi) is 9.15. The van der Waals surface area contributed by atoms with Crippen LogP contribution in [0.1, 0.15) is 55.3 Å². The average molecular weight is 597 g/mol. The lowest BCUT2D eigenvalue weighted by Gasteiger charge is -2.36. The van der Waals surface area contributed by atoms with Crippen LogP contribution in [-0.4, -0.2) is 61.8 Å². The summed E-state index contributed by atoms with van der Waals surface area (Å²) in [5.74, 6) is -1.75. The van der Waals surface area contributed by atoms with E-state index >= 15 is 0 Å². The molecule has 5 rings (SSSR count). The number of sulfonamides is 1. The van der Waals surface area contributed by atoms with Crippen LogP contribution in [0.25, 0.3) is 11.1 Å². The Balaban J connectivity index is 1.72. The first kappa shape index (κ1) is 30.0. The lowest BCUT2D eigenvalue weighted by Crippen LogP contribution is -2.46. The fourth-order valence-corrected chi connectivity index (χ4v) is 7.72. The number of nitrogens with zero attached hydrogens (tertiary/aromatic N) is 2. The minimum absolute atomic E-state index is 0.00918. The summed E-state index contributed by atoms with van der Waals surface area (Å²) in [6.07, 6.45) is 6.30. The molecule has 1 aliphatic heterocycles. The summed E-state index contributed by atoms with van der Waals surface area (Å²) in [5.41, 5.74) is 1.47. The van der Waals surface area contributed by atoms with Gasteiger partial charge in [-0.05, 0) is 67.5 Å². The van der Waals surface area contributed by atoms with Crippen molar-refractivity contribution < 1.29 is 32.6 Å². The third kappa shape index (κ3) is 6.02. The van der Waals surface area contributed by atoms with Gasteiger partial charge in [-0.3, -0.25) is 0 Å². The number of unbranched alkanes of at least 4 members (excludes halogenated alkanes) is 1. The smallest absolute Gasteiger partial charge is 0.338 e. The highest BCUT2D eigenvalue weighted by atomic mass is 32.2. The van der Waals surface area contributed by atoms with Gasteiger partial charge in [0.2, 0.25) is 10.0 Å². The van der Waals surface area contributed by atoms with Gasteiger partial charge < -0.3 is 19.8 Å². The van der Waals surface area contributed by atoms with Crippen molar-refractivity contribution in [3.05, 3.63) is 72.0 Å². The van der Waals surface area contributed by atoms with Crippen LogP contribution in [0.15, 0.2) is 65.6 Å². The molecule has 8 nitrogen and oxygen atoms in total. The monoisotopic (exact) mass is 596 g/mol. The Bertz CT molecular complexity index is 1530. The van der Waals surface area contributed by atoms with E-state index in [1.807, 2.05) is 35.2 Å². The first-order valence-corrected chi connectivity index (χ1v) is 15.9. The van der Waals surface area contributed by atoms with Crippen molar-refractivity contribution in [2.45, 2.75) is 55.9 Å². The van der Waals surface area contributed by atoms with Crippen LogP contribution in [0, 0.1) is 11.7 Å². The number of hydrogen-bond donors (Lipinski definition) is 2. The number of carbonyl (C=O) groups is 1. The number of hydrogen-bond acceptors (Lipinski definition) is 6. The van der Waals surface area contributed by atoms with Gasteiger partial charge in [0.05, 0.1) is 17.9 Å². The van der Waals surface area contributed by atoms with Gasteiger partial charge in [0.1, 0.15) is 16.5 Å². The molecule has 0 spiro atoms. The number of ether oxygens (including phenoxy) is 1. The molecule has 1 heterocycles. The molecule has 1 saturated carbocycles. The van der Waals surface area contributed by atoms with E-state index in [9.17, 15) is 27.8 Å². The number of carboxylic acid groups (broad SMARTS) is 1. The minimum atomic E-state index is -3.99. The Morgan fingerprint density at radius 2 is 1.76 bits per heavy atom. The Hall–Kier alpha value is -3.47. The van der Waals surface area contributed by atoms with E-state index in [1.165, 1.54) is 22.5 Å². The fraction of sp³-hybridized carbons (Fsp3) is 0.406. The van der Waals surface area contributed by atoms with Gasteiger partial charge in [-0.25, -0.2) is 17.6 Å². The Morgan fingerprint density at radius 3 is 2.45 bits per heavy atom. The van der Waals surface area contributed by atoms with Crippen LogP contribution in [0.4, 0.5) is 15.8 Å². The number of likely N-dealkylation sites (N-methyl/N-ethyl adjacent to an activating group) is 1. The minimum Gasteiger partial charge on any atom is -0.493 e. The van der Waals surface area contributed by atoms with Crippen LogP contribution < -0.4 is 9.64 Å². The number of aliphatic hydroxyl groups is 1. The maximum absolute atomic E-state index is 14.4. The van der Waals surface area contributed by atoms with Crippen LogP contribution in [0.2, 0.25) is 0 Å². The first-order valence-electron chi connectivity index (χ1n) is 14.5. The van der Waals surface area contributed by atoms with Crippen LogP contribution in [-0.2, 0) is 10.0 Å². The molecule has 224 valence electrons. The average Bonchev–Trinajstić information content (AvgIpc) is 3.08. The van der Waals surface area contributed by atoms with Gasteiger partial charge in [-0.2, -0.15) is 4.31 Å². The van der Waals surface area contributed by atoms with Crippen molar-refractivity contribution >= 4 is 27.4 Å². The number of aliphatic hydroxyl groups excluding tert-OH is 1. The third-order valence-electron chi connectivity index (χ3n) is 8.43. The molecule has 2 N–H and O–H groups in total. The molecule has 0 aromatic heterocycles. The lowest BCUT2D eigenvalue weighted by molar-refractivity contribution is 0.0692. The number of carboxylic acids is 1. The highest BCUT2D eigenvalue weighted by Gasteiger charge is 2.41. The maximum Gasteiger partial charge on any atom is 0.338 e. The zero-order valence-electron chi connectivity index (χ0n) is 23.7. The highest BCUT2D eigenvalue weighted by Crippen LogP contribution is 2.45. The predicted molar refractivity (Wildman–Crippen MR) is 159 cm³/mol. The molecule has 3 aromatic carbocycles. The van der Waals surface area contributed by atoms with E-state index in [-0.39, 0.29) is 30.1 Å². The molecule has 0 amide bonds. The number of benzene rings is 3. The molecule has 0 saturated heterocycles. The Morgan fingerprint density at radius 1 is 1.02 bits per heavy atom. The second-order valence-corrected chi connectivity index (χ2v) is 13.0. The predicted octanol–water partition coefficient (Wildman–Crippen LogP) is 6.06. The van der Waals surface area contributed by atoms with E-state index in [0.29, 0.717) is 42.0 Å². The first-order chi connectivity index (χ1) is 20.2. The number of anilines is 2. The third-order valence-corrected chi connectivity index (χ3v) is 10.3. The summed E-state index contributed by atoms with van der Waals surface area (Å²) in [6, 6.07) is 16.3. The largest absolute Gasteiger partial charge is 0.493 e. The molecule has 1 fully saturated rings. The molecule has 1 atom stereocenters. The van der Waals surface area contributed by atoms with E-state index < -0.39 is 27.4 Å². The number of halogens is 1. The summed E-state index contributed by atoms with van der Waals surface area (Å²) in [6.45, 7) is 0.720. The summed E-state index contributed by atoms with van der Waals surface area (Å²) >= 11 is 0. The van der Waals surface area contributed by atoms with E-state index in [0.717, 1.165) is 43.9 Å². The second kappa shape index (κ2) is 12.8. The van der Waals surface area contributed by atoms with Gasteiger partial charge in [-0.1, -0.05) is 43.5 Å². The van der Waals surface area contributed by atoms with Crippen molar-refractivity contribution in [3.63, 3.8) is 0 Å². The quantitative estimate of drug-likeness (QED) is 0.289. The van der Waals surface area contributed by atoms with Crippen molar-refractivity contribution in [1.29, 1.82) is 0 Å². The topological polar surface area (TPSA) is 107 Å². The summed E-state index contributed by atoms with van der Waals surface area (Å²) < 4.78 is 50.7. The zero-order chi connectivity index (χ0) is 29.9. The van der Waals surface area contributed by atoms with Gasteiger partial charge in [0.15, 0.2) is 0 Å². The molecule has 0 bridgehead atoms. The molecular formula is C32H37FN2O6S. The molecule has 0 unspecified atom stereocenters. The van der Waals surface area contributed by atoms with Crippen molar-refractivity contribution in [2.75, 3.05) is 31.7 Å². The summed E-state index contributed by atoms with van der Waals surface area (Å²) in [7, 11) is -2.35. The molecule has 3 aromatic rings. The summed E-state index contributed by atoms with van der Waals surface area (Å²) in [4.78, 5) is 13.9. The standard InChI is InChI=1S/C32H37FN2O6S/c1-34-29(22-10-4-2-5-11-22)21-35(24-12-6-3-7-13-24)28-20-30(41-17-9-8-16-36)25(19-31(28)42(34,39)40)23-14-15-27(33)26(18-23)32(37)38/h3,6-7,12-15,18-20,22,29,36H,2,4-5,8-11,16-17,21H2,1H3,(H,37,38)/t29-/m0/s1. The maximum atomic E-state index is 14.4.